The van der Waals surface area contributed by atoms with E-state index < -0.39 is 50.5 Å². The highest BCUT2D eigenvalue weighted by atomic mass is 32.2. The minimum atomic E-state index is -4.51. The molecule has 0 atom stereocenters. The summed E-state index contributed by atoms with van der Waals surface area (Å²) in [5.41, 5.74) is -0.700. The van der Waals surface area contributed by atoms with Crippen LogP contribution in [0, 0.1) is 11.6 Å². The number of nitrogens with one attached hydrogen (secondary N) is 1. The molecular formula is C11H10F2N2O5S. The van der Waals surface area contributed by atoms with E-state index >= 15 is 0 Å². The number of hydrogen-bond donors (Lipinski definition) is 2. The Morgan fingerprint density at radius 3 is 2.57 bits per heavy atom. The van der Waals surface area contributed by atoms with Gasteiger partial charge >= 0.3 is 5.97 Å². The van der Waals surface area contributed by atoms with Crippen molar-refractivity contribution < 1.29 is 31.9 Å². The lowest BCUT2D eigenvalue weighted by Gasteiger charge is -2.26. The van der Waals surface area contributed by atoms with Crippen LogP contribution in [-0.2, 0) is 14.8 Å². The van der Waals surface area contributed by atoms with Gasteiger partial charge < -0.3 is 10.4 Å². The minimum Gasteiger partial charge on any atom is -0.478 e. The Morgan fingerprint density at radius 2 is 2.00 bits per heavy atom. The first-order valence-corrected chi connectivity index (χ1v) is 7.16. The van der Waals surface area contributed by atoms with Crippen LogP contribution in [0.15, 0.2) is 17.0 Å². The van der Waals surface area contributed by atoms with Gasteiger partial charge in [-0.05, 0) is 12.1 Å². The van der Waals surface area contributed by atoms with Crippen molar-refractivity contribution in [1.82, 2.24) is 9.62 Å². The van der Waals surface area contributed by atoms with Crippen molar-refractivity contribution >= 4 is 21.9 Å². The lowest BCUT2D eigenvalue weighted by molar-refractivity contribution is -0.122. The van der Waals surface area contributed by atoms with Crippen molar-refractivity contribution in [2.45, 2.75) is 4.90 Å². The third-order valence-corrected chi connectivity index (χ3v) is 4.71. The third-order valence-electron chi connectivity index (χ3n) is 2.86. The van der Waals surface area contributed by atoms with Gasteiger partial charge in [-0.15, -0.1) is 0 Å². The average Bonchev–Trinajstić information content (AvgIpc) is 2.41. The molecule has 7 nitrogen and oxygen atoms in total. The van der Waals surface area contributed by atoms with Gasteiger partial charge in [-0.2, -0.15) is 4.31 Å². The molecule has 0 unspecified atom stereocenters. The molecule has 1 heterocycles. The Labute approximate surface area is 118 Å². The predicted octanol–water partition coefficient (Wildman–Crippen LogP) is -0.216. The molecule has 0 spiro atoms. The number of piperazine rings is 1. The summed E-state index contributed by atoms with van der Waals surface area (Å²) in [6, 6.07) is 0.919. The number of sulfonamides is 1. The summed E-state index contributed by atoms with van der Waals surface area (Å²) in [5.74, 6) is -5.44. The lowest BCUT2D eigenvalue weighted by atomic mass is 10.2. The number of rotatable bonds is 3. The van der Waals surface area contributed by atoms with Gasteiger partial charge in [0.15, 0.2) is 11.6 Å². The largest absolute Gasteiger partial charge is 0.478 e. The van der Waals surface area contributed by atoms with Gasteiger partial charge in [0, 0.05) is 13.1 Å². The molecule has 21 heavy (non-hydrogen) atoms. The van der Waals surface area contributed by atoms with E-state index in [4.69, 9.17) is 5.11 Å². The van der Waals surface area contributed by atoms with E-state index in [9.17, 15) is 26.8 Å². The molecule has 2 rings (SSSR count). The quantitative estimate of drug-likeness (QED) is 0.801. The van der Waals surface area contributed by atoms with Crippen LogP contribution in [0.4, 0.5) is 8.78 Å². The molecule has 1 aromatic rings. The fourth-order valence-corrected chi connectivity index (χ4v) is 3.33. The van der Waals surface area contributed by atoms with E-state index in [1.807, 2.05) is 0 Å². The molecule has 0 aromatic heterocycles. The van der Waals surface area contributed by atoms with Gasteiger partial charge in [0.05, 0.1) is 12.1 Å². The van der Waals surface area contributed by atoms with Crippen molar-refractivity contribution in [1.29, 1.82) is 0 Å². The Hall–Kier alpha value is -2.07. The number of benzene rings is 1. The van der Waals surface area contributed by atoms with Gasteiger partial charge in [0.25, 0.3) is 0 Å². The zero-order valence-corrected chi connectivity index (χ0v) is 11.3. The highest BCUT2D eigenvalue weighted by Gasteiger charge is 2.33. The predicted molar refractivity (Wildman–Crippen MR) is 65.1 cm³/mol. The maximum atomic E-state index is 13.7. The Bertz CT molecular complexity index is 720. The third kappa shape index (κ3) is 2.85. The van der Waals surface area contributed by atoms with Gasteiger partial charge in [-0.25, -0.2) is 22.0 Å². The number of carboxylic acids is 1. The SMILES string of the molecule is O=C1CN(S(=O)(=O)c2cc(C(=O)O)cc(F)c2F)CCN1. The van der Waals surface area contributed by atoms with Crippen LogP contribution in [0.25, 0.3) is 0 Å². The van der Waals surface area contributed by atoms with Crippen LogP contribution < -0.4 is 5.32 Å². The maximum absolute atomic E-state index is 13.7. The second kappa shape index (κ2) is 5.37. The van der Waals surface area contributed by atoms with Crippen LogP contribution in [0.3, 0.4) is 0 Å². The van der Waals surface area contributed by atoms with Gasteiger partial charge in [-0.3, -0.25) is 4.79 Å². The number of hydrogen-bond acceptors (Lipinski definition) is 4. The van der Waals surface area contributed by atoms with Crippen LogP contribution in [0.2, 0.25) is 0 Å². The molecule has 1 aromatic carbocycles. The summed E-state index contributed by atoms with van der Waals surface area (Å²) in [7, 11) is -4.51. The number of amides is 1. The summed E-state index contributed by atoms with van der Waals surface area (Å²) in [4.78, 5) is 20.9. The van der Waals surface area contributed by atoms with E-state index in [1.54, 1.807) is 0 Å². The molecule has 1 aliphatic rings. The van der Waals surface area contributed by atoms with Crippen molar-refractivity contribution in [2.75, 3.05) is 19.6 Å². The molecule has 2 N–H and O–H groups in total. The van der Waals surface area contributed by atoms with Crippen LogP contribution >= 0.6 is 0 Å². The topological polar surface area (TPSA) is 104 Å². The highest BCUT2D eigenvalue weighted by Crippen LogP contribution is 2.23. The summed E-state index contributed by atoms with van der Waals surface area (Å²) < 4.78 is 52.2. The zero-order valence-electron chi connectivity index (χ0n) is 10.5. The smallest absolute Gasteiger partial charge is 0.335 e. The number of nitrogens with zero attached hydrogens (tertiary/aromatic N) is 1. The number of carbonyl (C=O) groups is 2. The summed E-state index contributed by atoms with van der Waals surface area (Å²) in [6.07, 6.45) is 0. The van der Waals surface area contributed by atoms with E-state index in [0.29, 0.717) is 16.4 Å². The first-order chi connectivity index (χ1) is 9.73. The number of carboxylic acid groups (broad SMARTS) is 1. The molecule has 1 amide bonds. The fourth-order valence-electron chi connectivity index (χ4n) is 1.83. The van der Waals surface area contributed by atoms with E-state index in [-0.39, 0.29) is 13.1 Å². The van der Waals surface area contributed by atoms with Gasteiger partial charge in [0.2, 0.25) is 15.9 Å². The Kier molecular flexibility index (Phi) is 3.92. The number of halogens is 2. The van der Waals surface area contributed by atoms with Crippen LogP contribution in [0.5, 0.6) is 0 Å². The first kappa shape index (κ1) is 15.3. The van der Waals surface area contributed by atoms with Gasteiger partial charge in [-0.1, -0.05) is 0 Å². The van der Waals surface area contributed by atoms with Crippen LogP contribution in [0.1, 0.15) is 10.4 Å². The number of aromatic carboxylic acids is 1. The Morgan fingerprint density at radius 1 is 1.33 bits per heavy atom. The maximum Gasteiger partial charge on any atom is 0.335 e. The van der Waals surface area contributed by atoms with Crippen molar-refractivity contribution in [3.8, 4) is 0 Å². The summed E-state index contributed by atoms with van der Waals surface area (Å²) in [5, 5.41) is 11.2. The molecule has 1 saturated heterocycles. The summed E-state index contributed by atoms with van der Waals surface area (Å²) in [6.45, 7) is -0.631. The molecule has 10 heteroatoms. The van der Waals surface area contributed by atoms with E-state index in [2.05, 4.69) is 5.32 Å². The van der Waals surface area contributed by atoms with Crippen molar-refractivity contribution in [3.05, 3.63) is 29.3 Å². The fraction of sp³-hybridized carbons (Fsp3) is 0.273. The number of carbonyl (C=O) groups excluding carboxylic acids is 1. The van der Waals surface area contributed by atoms with Crippen molar-refractivity contribution in [3.63, 3.8) is 0 Å². The minimum absolute atomic E-state index is 0.0286. The normalized spacial score (nSPS) is 16.6. The molecule has 0 aliphatic carbocycles. The van der Waals surface area contributed by atoms with Gasteiger partial charge in [0.1, 0.15) is 4.90 Å². The Balaban J connectivity index is 2.53. The standard InChI is InChI=1S/C11H10F2N2O5S/c12-7-3-6(11(17)18)4-8(10(7)13)21(19,20)15-2-1-14-9(16)5-15/h3-4H,1-2,5H2,(H,14,16)(H,17,18). The summed E-state index contributed by atoms with van der Waals surface area (Å²) >= 11 is 0. The van der Waals surface area contributed by atoms with Crippen molar-refractivity contribution in [2.24, 2.45) is 0 Å². The molecule has 1 fully saturated rings. The van der Waals surface area contributed by atoms with E-state index in [1.165, 1.54) is 0 Å². The molecule has 1 aliphatic heterocycles. The lowest BCUT2D eigenvalue weighted by Crippen LogP contribution is -2.50. The molecular weight excluding hydrogens is 310 g/mol. The average molecular weight is 320 g/mol. The second-order valence-electron chi connectivity index (χ2n) is 4.26. The monoisotopic (exact) mass is 320 g/mol. The molecule has 0 bridgehead atoms. The first-order valence-electron chi connectivity index (χ1n) is 5.72. The molecule has 114 valence electrons. The highest BCUT2D eigenvalue weighted by molar-refractivity contribution is 7.89. The van der Waals surface area contributed by atoms with E-state index in [0.717, 1.165) is 0 Å². The zero-order chi connectivity index (χ0) is 15.8. The molecule has 0 radical (unpaired) electrons. The molecule has 0 saturated carbocycles. The van der Waals surface area contributed by atoms with Crippen LogP contribution in [-0.4, -0.2) is 49.3 Å². The second-order valence-corrected chi connectivity index (χ2v) is 6.17.